The fraction of sp³-hybridized carbons (Fsp3) is 0.412. The van der Waals surface area contributed by atoms with Crippen LogP contribution in [0.1, 0.15) is 41.4 Å². The Balaban J connectivity index is 1.58. The quantitative estimate of drug-likeness (QED) is 0.880. The normalized spacial score (nSPS) is 22.9. The number of hydrogen-bond acceptors (Lipinski definition) is 6. The lowest BCUT2D eigenvalue weighted by Gasteiger charge is -2.28. The highest BCUT2D eigenvalue weighted by atomic mass is 16.5. The van der Waals surface area contributed by atoms with Crippen molar-refractivity contribution in [2.75, 3.05) is 7.11 Å². The second-order valence-corrected chi connectivity index (χ2v) is 6.28. The monoisotopic (exact) mass is 342 g/mol. The lowest BCUT2D eigenvalue weighted by molar-refractivity contribution is -0.129. The fourth-order valence-electron chi connectivity index (χ4n) is 3.31. The number of nitrogens with zero attached hydrogens (tertiary/aromatic N) is 3. The molecule has 1 N–H and O–H groups in total. The lowest BCUT2D eigenvalue weighted by Crippen LogP contribution is -2.40. The van der Waals surface area contributed by atoms with Crippen LogP contribution in [0.3, 0.4) is 0 Å². The Morgan fingerprint density at radius 1 is 1.44 bits per heavy atom. The van der Waals surface area contributed by atoms with E-state index >= 15 is 0 Å². The summed E-state index contributed by atoms with van der Waals surface area (Å²) in [5, 5.41) is 6.54. The molecule has 0 spiro atoms. The number of methoxy groups -OCH3 is 1. The summed E-state index contributed by atoms with van der Waals surface area (Å²) in [6, 6.07) is 4.88. The summed E-state index contributed by atoms with van der Waals surface area (Å²) < 4.78 is 9.91. The molecule has 2 aliphatic rings. The molecule has 3 heterocycles. The maximum absolute atomic E-state index is 12.5. The van der Waals surface area contributed by atoms with E-state index in [1.165, 1.54) is 13.2 Å². The van der Waals surface area contributed by atoms with Gasteiger partial charge in [0, 0.05) is 24.9 Å². The highest BCUT2D eigenvalue weighted by molar-refractivity contribution is 5.93. The molecular formula is C17H18N4O4. The van der Waals surface area contributed by atoms with Crippen LogP contribution < -0.4 is 10.1 Å². The molecule has 8 nitrogen and oxygen atoms in total. The van der Waals surface area contributed by atoms with Gasteiger partial charge in [0.2, 0.25) is 11.7 Å². The van der Waals surface area contributed by atoms with Gasteiger partial charge in [0.15, 0.2) is 0 Å². The first-order valence-electron chi connectivity index (χ1n) is 8.20. The molecule has 2 aromatic heterocycles. The average Bonchev–Trinajstić information content (AvgIpc) is 3.24. The van der Waals surface area contributed by atoms with E-state index in [1.807, 2.05) is 17.0 Å². The minimum Gasteiger partial charge on any atom is -0.479 e. The molecule has 2 aromatic rings. The summed E-state index contributed by atoms with van der Waals surface area (Å²) in [5.74, 6) is -0.0767. The number of rotatable bonds is 5. The Kier molecular flexibility index (Phi) is 3.87. The van der Waals surface area contributed by atoms with E-state index in [0.29, 0.717) is 0 Å². The van der Waals surface area contributed by atoms with E-state index < -0.39 is 5.91 Å². The van der Waals surface area contributed by atoms with Crippen LogP contribution in [-0.4, -0.2) is 46.0 Å². The zero-order valence-electron chi connectivity index (χ0n) is 13.7. The molecule has 1 saturated carbocycles. The number of likely N-dealkylation sites (tertiary alicyclic amines) is 1. The summed E-state index contributed by atoms with van der Waals surface area (Å²) in [6.07, 6.45) is 5.70. The van der Waals surface area contributed by atoms with Crippen LogP contribution in [0.5, 0.6) is 5.88 Å². The maximum atomic E-state index is 12.5. The fourth-order valence-corrected chi connectivity index (χ4v) is 3.31. The third-order valence-corrected chi connectivity index (χ3v) is 4.57. The Hall–Kier alpha value is -2.90. The van der Waals surface area contributed by atoms with Gasteiger partial charge in [-0.1, -0.05) is 6.07 Å². The number of ether oxygens (including phenoxy) is 1. The molecule has 130 valence electrons. The van der Waals surface area contributed by atoms with Gasteiger partial charge in [-0.2, -0.15) is 0 Å². The van der Waals surface area contributed by atoms with Gasteiger partial charge in [0.1, 0.15) is 0 Å². The van der Waals surface area contributed by atoms with E-state index in [1.54, 1.807) is 12.4 Å². The van der Waals surface area contributed by atoms with Gasteiger partial charge in [-0.05, 0) is 29.6 Å². The Bertz CT molecular complexity index is 787. The van der Waals surface area contributed by atoms with Gasteiger partial charge >= 0.3 is 0 Å². The standard InChI is InChI=1S/C17H18N4O4/c1-24-14-8-13(25-20-14)17(23)19-12-7-15(22)21(11-4-5-11)16(12)10-3-2-6-18-9-10/h2-3,6,8-9,11-12,16H,4-5,7H2,1H3,(H,19,23)/t12-,16+/m1/s1. The molecule has 25 heavy (non-hydrogen) atoms. The van der Waals surface area contributed by atoms with Crippen molar-refractivity contribution in [1.29, 1.82) is 0 Å². The SMILES string of the molecule is COc1cc(C(=O)N[C@@H]2CC(=O)N(C3CC3)[C@H]2c2cccnc2)on1. The van der Waals surface area contributed by atoms with E-state index in [4.69, 9.17) is 9.26 Å². The minimum absolute atomic E-state index is 0.0526. The number of carbonyl (C=O) groups excluding carboxylic acids is 2. The molecule has 8 heteroatoms. The largest absolute Gasteiger partial charge is 0.479 e. The molecule has 0 aromatic carbocycles. The smallest absolute Gasteiger partial charge is 0.290 e. The molecule has 2 fully saturated rings. The molecule has 2 atom stereocenters. The van der Waals surface area contributed by atoms with Crippen LogP contribution in [0.25, 0.3) is 0 Å². The van der Waals surface area contributed by atoms with E-state index in [2.05, 4.69) is 15.5 Å². The first-order chi connectivity index (χ1) is 12.2. The summed E-state index contributed by atoms with van der Waals surface area (Å²) in [4.78, 5) is 31.0. The van der Waals surface area contributed by atoms with Crippen LogP contribution in [-0.2, 0) is 4.79 Å². The molecule has 0 bridgehead atoms. The maximum Gasteiger partial charge on any atom is 0.290 e. The number of aromatic nitrogens is 2. The third kappa shape index (κ3) is 2.95. The second-order valence-electron chi connectivity index (χ2n) is 6.28. The molecule has 1 aliphatic carbocycles. The summed E-state index contributed by atoms with van der Waals surface area (Å²) >= 11 is 0. The van der Waals surface area contributed by atoms with Crippen molar-refractivity contribution >= 4 is 11.8 Å². The van der Waals surface area contributed by atoms with E-state index in [-0.39, 0.29) is 42.1 Å². The Morgan fingerprint density at radius 3 is 2.92 bits per heavy atom. The van der Waals surface area contributed by atoms with Crippen molar-refractivity contribution in [2.45, 2.75) is 37.4 Å². The highest BCUT2D eigenvalue weighted by Gasteiger charge is 2.48. The van der Waals surface area contributed by atoms with Crippen molar-refractivity contribution in [2.24, 2.45) is 0 Å². The van der Waals surface area contributed by atoms with Crippen molar-refractivity contribution in [3.05, 3.63) is 41.9 Å². The van der Waals surface area contributed by atoms with Crippen molar-refractivity contribution in [3.8, 4) is 5.88 Å². The number of carbonyl (C=O) groups is 2. The molecule has 1 aliphatic heterocycles. The lowest BCUT2D eigenvalue weighted by atomic mass is 10.0. The van der Waals surface area contributed by atoms with E-state index in [0.717, 1.165) is 18.4 Å². The Labute approximate surface area is 144 Å². The van der Waals surface area contributed by atoms with Crippen molar-refractivity contribution in [1.82, 2.24) is 20.4 Å². The van der Waals surface area contributed by atoms with Crippen LogP contribution >= 0.6 is 0 Å². The minimum atomic E-state index is -0.417. The van der Waals surface area contributed by atoms with Crippen LogP contribution in [0.4, 0.5) is 0 Å². The van der Waals surface area contributed by atoms with Crippen molar-refractivity contribution in [3.63, 3.8) is 0 Å². The predicted molar refractivity (Wildman–Crippen MR) is 85.8 cm³/mol. The molecule has 0 radical (unpaired) electrons. The Morgan fingerprint density at radius 2 is 2.28 bits per heavy atom. The first kappa shape index (κ1) is 15.6. The number of nitrogens with one attached hydrogen (secondary N) is 1. The summed E-state index contributed by atoms with van der Waals surface area (Å²) in [6.45, 7) is 0. The predicted octanol–water partition coefficient (Wildman–Crippen LogP) is 1.31. The van der Waals surface area contributed by atoms with Crippen LogP contribution in [0.2, 0.25) is 0 Å². The van der Waals surface area contributed by atoms with Gasteiger partial charge < -0.3 is 19.5 Å². The number of pyridine rings is 1. The van der Waals surface area contributed by atoms with Crippen LogP contribution in [0, 0.1) is 0 Å². The second kappa shape index (κ2) is 6.19. The highest BCUT2D eigenvalue weighted by Crippen LogP contribution is 2.41. The number of amides is 2. The van der Waals surface area contributed by atoms with Gasteiger partial charge in [-0.3, -0.25) is 14.6 Å². The first-order valence-corrected chi connectivity index (χ1v) is 8.20. The van der Waals surface area contributed by atoms with Gasteiger partial charge in [-0.25, -0.2) is 0 Å². The topological polar surface area (TPSA) is 97.6 Å². The average molecular weight is 342 g/mol. The zero-order chi connectivity index (χ0) is 17.4. The molecule has 1 saturated heterocycles. The zero-order valence-corrected chi connectivity index (χ0v) is 13.7. The molecular weight excluding hydrogens is 324 g/mol. The summed E-state index contributed by atoms with van der Waals surface area (Å²) in [7, 11) is 1.45. The molecule has 4 rings (SSSR count). The van der Waals surface area contributed by atoms with Crippen molar-refractivity contribution < 1.29 is 18.8 Å². The molecule has 0 unspecified atom stereocenters. The third-order valence-electron chi connectivity index (χ3n) is 4.57. The molecule has 2 amide bonds. The van der Waals surface area contributed by atoms with E-state index in [9.17, 15) is 9.59 Å². The van der Waals surface area contributed by atoms with Crippen LogP contribution in [0.15, 0.2) is 35.1 Å². The van der Waals surface area contributed by atoms with Gasteiger partial charge in [0.25, 0.3) is 11.8 Å². The van der Waals surface area contributed by atoms with Gasteiger partial charge in [-0.15, -0.1) is 0 Å². The van der Waals surface area contributed by atoms with Gasteiger partial charge in [0.05, 0.1) is 25.3 Å². The number of hydrogen-bond donors (Lipinski definition) is 1. The summed E-state index contributed by atoms with van der Waals surface area (Å²) in [5.41, 5.74) is 0.917.